The first-order chi connectivity index (χ1) is 6.10. The van der Waals surface area contributed by atoms with E-state index in [2.05, 4.69) is 19.1 Å². The summed E-state index contributed by atoms with van der Waals surface area (Å²) < 4.78 is 0. The summed E-state index contributed by atoms with van der Waals surface area (Å²) in [6.07, 6.45) is 2.34. The van der Waals surface area contributed by atoms with Gasteiger partial charge in [0.25, 0.3) is 0 Å². The van der Waals surface area contributed by atoms with Gasteiger partial charge in [-0.05, 0) is 38.2 Å². The monoisotopic (exact) mass is 176 g/mol. The lowest BCUT2D eigenvalue weighted by Gasteiger charge is -2.23. The van der Waals surface area contributed by atoms with Crippen LogP contribution in [-0.4, -0.2) is 5.11 Å². The molecular weight excluding hydrogens is 160 g/mol. The van der Waals surface area contributed by atoms with Crippen molar-refractivity contribution >= 4 is 0 Å². The number of hydrogen-bond acceptors (Lipinski definition) is 1. The van der Waals surface area contributed by atoms with Gasteiger partial charge >= 0.3 is 0 Å². The molecule has 0 bridgehead atoms. The van der Waals surface area contributed by atoms with Gasteiger partial charge in [0, 0.05) is 0 Å². The highest BCUT2D eigenvalue weighted by atomic mass is 16.3. The van der Waals surface area contributed by atoms with Gasteiger partial charge < -0.3 is 5.11 Å². The molecule has 70 valence electrons. The fourth-order valence-electron chi connectivity index (χ4n) is 1.84. The zero-order valence-electron chi connectivity index (χ0n) is 8.25. The maximum atomic E-state index is 10.2. The minimum atomic E-state index is -0.605. The van der Waals surface area contributed by atoms with Gasteiger partial charge in [0.15, 0.2) is 0 Å². The third kappa shape index (κ3) is 1.61. The van der Waals surface area contributed by atoms with Crippen molar-refractivity contribution in [3.8, 4) is 0 Å². The molecule has 0 aliphatic heterocycles. The van der Waals surface area contributed by atoms with E-state index >= 15 is 0 Å². The van der Waals surface area contributed by atoms with Crippen molar-refractivity contribution in [1.29, 1.82) is 0 Å². The number of aliphatic hydroxyl groups is 1. The second-order valence-corrected chi connectivity index (χ2v) is 4.29. The quantitative estimate of drug-likeness (QED) is 0.734. The van der Waals surface area contributed by atoms with E-state index in [-0.39, 0.29) is 0 Å². The normalized spacial score (nSPS) is 21.2. The number of hydrogen-bond donors (Lipinski definition) is 1. The molecule has 1 N–H and O–H groups in total. The van der Waals surface area contributed by atoms with Gasteiger partial charge in [0.2, 0.25) is 0 Å². The smallest absolute Gasteiger partial charge is 0.0896 e. The minimum absolute atomic E-state index is 0.481. The Kier molecular flexibility index (Phi) is 1.92. The van der Waals surface area contributed by atoms with Gasteiger partial charge in [0.1, 0.15) is 0 Å². The largest absolute Gasteiger partial charge is 0.385 e. The Balaban J connectivity index is 2.33. The van der Waals surface area contributed by atoms with Gasteiger partial charge in [-0.2, -0.15) is 0 Å². The van der Waals surface area contributed by atoms with E-state index in [1.165, 1.54) is 18.4 Å². The first kappa shape index (κ1) is 8.76. The predicted octanol–water partition coefficient (Wildman–Crippen LogP) is 2.61. The fraction of sp³-hybridized carbons (Fsp3) is 0.500. The molecule has 0 amide bonds. The van der Waals surface area contributed by atoms with Crippen LogP contribution in [0.2, 0.25) is 0 Å². The van der Waals surface area contributed by atoms with Gasteiger partial charge in [-0.15, -0.1) is 0 Å². The van der Waals surface area contributed by atoms with Crippen molar-refractivity contribution in [3.63, 3.8) is 0 Å². The van der Waals surface area contributed by atoms with Crippen LogP contribution in [0, 0.1) is 12.8 Å². The molecule has 13 heavy (non-hydrogen) atoms. The molecule has 1 aromatic rings. The van der Waals surface area contributed by atoms with Crippen LogP contribution in [0.4, 0.5) is 0 Å². The summed E-state index contributed by atoms with van der Waals surface area (Å²) >= 11 is 0. The van der Waals surface area contributed by atoms with Crippen molar-refractivity contribution in [3.05, 3.63) is 35.4 Å². The van der Waals surface area contributed by atoms with Crippen molar-refractivity contribution in [1.82, 2.24) is 0 Å². The second-order valence-electron chi connectivity index (χ2n) is 4.29. The van der Waals surface area contributed by atoms with E-state index < -0.39 is 5.60 Å². The van der Waals surface area contributed by atoms with Crippen molar-refractivity contribution in [2.75, 3.05) is 0 Å². The Morgan fingerprint density at radius 1 is 1.38 bits per heavy atom. The Morgan fingerprint density at radius 3 is 2.62 bits per heavy atom. The van der Waals surface area contributed by atoms with Crippen LogP contribution in [0.5, 0.6) is 0 Å². The highest BCUT2D eigenvalue weighted by Gasteiger charge is 2.40. The topological polar surface area (TPSA) is 20.2 Å². The van der Waals surface area contributed by atoms with Crippen LogP contribution in [0.15, 0.2) is 24.3 Å². The van der Waals surface area contributed by atoms with E-state index in [1.54, 1.807) is 0 Å². The van der Waals surface area contributed by atoms with Crippen LogP contribution < -0.4 is 0 Å². The van der Waals surface area contributed by atoms with Crippen molar-refractivity contribution in [2.45, 2.75) is 32.3 Å². The van der Waals surface area contributed by atoms with Crippen molar-refractivity contribution < 1.29 is 5.11 Å². The summed E-state index contributed by atoms with van der Waals surface area (Å²) in [7, 11) is 0. The summed E-state index contributed by atoms with van der Waals surface area (Å²) in [6.45, 7) is 3.99. The lowest BCUT2D eigenvalue weighted by atomic mass is 9.90. The van der Waals surface area contributed by atoms with Crippen LogP contribution in [0.3, 0.4) is 0 Å². The van der Waals surface area contributed by atoms with Crippen LogP contribution in [0.1, 0.15) is 30.9 Å². The average Bonchev–Trinajstić information content (AvgIpc) is 2.86. The Morgan fingerprint density at radius 2 is 2.08 bits per heavy atom. The van der Waals surface area contributed by atoms with E-state index in [0.717, 1.165) is 5.56 Å². The van der Waals surface area contributed by atoms with Gasteiger partial charge in [0.05, 0.1) is 5.60 Å². The van der Waals surface area contributed by atoms with E-state index in [1.807, 2.05) is 19.1 Å². The molecule has 1 atom stereocenters. The summed E-state index contributed by atoms with van der Waals surface area (Å²) in [5.41, 5.74) is 1.68. The minimum Gasteiger partial charge on any atom is -0.385 e. The average molecular weight is 176 g/mol. The zero-order valence-corrected chi connectivity index (χ0v) is 8.25. The lowest BCUT2D eigenvalue weighted by Crippen LogP contribution is -2.23. The van der Waals surface area contributed by atoms with Crippen LogP contribution in [0.25, 0.3) is 0 Å². The maximum absolute atomic E-state index is 10.2. The lowest BCUT2D eigenvalue weighted by molar-refractivity contribution is 0.0330. The molecule has 1 saturated carbocycles. The molecule has 1 nitrogen and oxygen atoms in total. The Bertz CT molecular complexity index is 311. The zero-order chi connectivity index (χ0) is 9.47. The maximum Gasteiger partial charge on any atom is 0.0896 e. The molecule has 1 aliphatic rings. The summed E-state index contributed by atoms with van der Waals surface area (Å²) in [6, 6.07) is 8.18. The molecule has 1 aliphatic carbocycles. The van der Waals surface area contributed by atoms with Gasteiger partial charge in [-0.25, -0.2) is 0 Å². The molecule has 2 rings (SSSR count). The van der Waals surface area contributed by atoms with Crippen molar-refractivity contribution in [2.24, 2.45) is 5.92 Å². The fourth-order valence-corrected chi connectivity index (χ4v) is 1.84. The second kappa shape index (κ2) is 2.85. The van der Waals surface area contributed by atoms with E-state index in [4.69, 9.17) is 0 Å². The van der Waals surface area contributed by atoms with Gasteiger partial charge in [-0.3, -0.25) is 0 Å². The Hall–Kier alpha value is -0.820. The molecule has 1 aromatic carbocycles. The molecule has 0 saturated heterocycles. The third-order valence-corrected chi connectivity index (χ3v) is 2.97. The summed E-state index contributed by atoms with van der Waals surface area (Å²) in [4.78, 5) is 0. The first-order valence-electron chi connectivity index (χ1n) is 4.90. The predicted molar refractivity (Wildman–Crippen MR) is 53.5 cm³/mol. The number of benzene rings is 1. The first-order valence-corrected chi connectivity index (χ1v) is 4.90. The van der Waals surface area contributed by atoms with E-state index in [0.29, 0.717) is 5.92 Å². The molecular formula is C12H16O. The third-order valence-electron chi connectivity index (χ3n) is 2.97. The molecule has 0 heterocycles. The molecule has 0 spiro atoms. The van der Waals surface area contributed by atoms with Crippen LogP contribution >= 0.6 is 0 Å². The number of rotatable bonds is 2. The SMILES string of the molecule is Cc1cccc(C(C)(O)C2CC2)c1. The molecule has 1 unspecified atom stereocenters. The Labute approximate surface area is 79.4 Å². The number of aryl methyl sites for hydroxylation is 1. The van der Waals surface area contributed by atoms with Gasteiger partial charge in [-0.1, -0.05) is 29.8 Å². The standard InChI is InChI=1S/C12H16O/c1-9-4-3-5-11(8-9)12(2,13)10-6-7-10/h3-5,8,10,13H,6-7H2,1-2H3. The summed E-state index contributed by atoms with van der Waals surface area (Å²) in [5.74, 6) is 0.481. The molecule has 1 fully saturated rings. The van der Waals surface area contributed by atoms with E-state index in [9.17, 15) is 5.11 Å². The highest BCUT2D eigenvalue weighted by Crippen LogP contribution is 2.45. The van der Waals surface area contributed by atoms with Crippen LogP contribution in [-0.2, 0) is 5.60 Å². The highest BCUT2D eigenvalue weighted by molar-refractivity contribution is 5.28. The molecule has 1 heteroatoms. The molecule has 0 aromatic heterocycles. The summed E-state index contributed by atoms with van der Waals surface area (Å²) in [5, 5.41) is 10.2. The molecule has 0 radical (unpaired) electrons.